The molecule has 3 aromatic rings. The molecule has 0 aliphatic carbocycles. The first-order valence-corrected chi connectivity index (χ1v) is 15.5. The Morgan fingerprint density at radius 2 is 1.83 bits per heavy atom. The minimum Gasteiger partial charge on any atom is -0.488 e. The second-order valence-corrected chi connectivity index (χ2v) is 13.1. The van der Waals surface area contributed by atoms with Crippen LogP contribution in [0.15, 0.2) is 77.7 Å². The number of ether oxygens (including phenoxy) is 1. The van der Waals surface area contributed by atoms with Gasteiger partial charge in [0.2, 0.25) is 21.8 Å². The number of sulfonamides is 1. The molecule has 1 heterocycles. The minimum absolute atomic E-state index is 0.0106. The smallest absolute Gasteiger partial charge is 0.242 e. The monoisotopic (exact) mass is 613 g/mol. The molecule has 0 radical (unpaired) electrons. The fourth-order valence-corrected chi connectivity index (χ4v) is 6.16. The van der Waals surface area contributed by atoms with Gasteiger partial charge in [-0.3, -0.25) is 9.59 Å². The first-order chi connectivity index (χ1) is 20.0. The third kappa shape index (κ3) is 7.69. The maximum atomic E-state index is 13.5. The summed E-state index contributed by atoms with van der Waals surface area (Å²) in [6.45, 7) is 3.69. The van der Waals surface area contributed by atoms with E-state index in [1.807, 2.05) is 37.3 Å². The number of anilines is 1. The summed E-state index contributed by atoms with van der Waals surface area (Å²) in [6.07, 6.45) is -0.447. The maximum Gasteiger partial charge on any atom is 0.242 e. The molecule has 11 heteroatoms. The Morgan fingerprint density at radius 3 is 2.50 bits per heavy atom. The van der Waals surface area contributed by atoms with Crippen LogP contribution in [0.1, 0.15) is 25.0 Å². The molecule has 0 saturated heterocycles. The van der Waals surface area contributed by atoms with Crippen LogP contribution in [-0.2, 0) is 32.5 Å². The predicted molar refractivity (Wildman–Crippen MR) is 162 cm³/mol. The van der Waals surface area contributed by atoms with E-state index in [-0.39, 0.29) is 55.2 Å². The molecule has 1 aliphatic heterocycles. The zero-order chi connectivity index (χ0) is 30.4. The van der Waals surface area contributed by atoms with Crippen molar-refractivity contribution in [3.63, 3.8) is 0 Å². The summed E-state index contributed by atoms with van der Waals surface area (Å²) in [5, 5.41) is 13.2. The second kappa shape index (κ2) is 13.7. The van der Waals surface area contributed by atoms with Gasteiger partial charge in [-0.05, 0) is 55.0 Å². The van der Waals surface area contributed by atoms with Crippen molar-refractivity contribution in [2.45, 2.75) is 43.7 Å². The molecule has 0 bridgehead atoms. The van der Waals surface area contributed by atoms with Crippen molar-refractivity contribution in [1.82, 2.24) is 9.21 Å². The molecule has 0 spiro atoms. The molecule has 0 saturated carbocycles. The number of carbonyl (C=O) groups is 2. The van der Waals surface area contributed by atoms with Gasteiger partial charge in [0.1, 0.15) is 11.9 Å². The summed E-state index contributed by atoms with van der Waals surface area (Å²) in [4.78, 5) is 27.9. The average Bonchev–Trinajstić information content (AvgIpc) is 3.00. The van der Waals surface area contributed by atoms with Crippen LogP contribution in [0.3, 0.4) is 0 Å². The van der Waals surface area contributed by atoms with Gasteiger partial charge < -0.3 is 20.1 Å². The van der Waals surface area contributed by atoms with Crippen molar-refractivity contribution in [3.8, 4) is 5.75 Å². The fraction of sp³-hybridized carbons (Fsp3) is 0.355. The van der Waals surface area contributed by atoms with E-state index < -0.39 is 22.2 Å². The van der Waals surface area contributed by atoms with Gasteiger partial charge in [0.05, 0.1) is 36.9 Å². The topological polar surface area (TPSA) is 116 Å². The highest BCUT2D eigenvalue weighted by molar-refractivity contribution is 7.89. The molecule has 224 valence electrons. The number of amides is 2. The number of fused-ring (bicyclic) bond motifs is 1. The number of halogens is 1. The number of nitrogens with one attached hydrogen (secondary N) is 1. The number of rotatable bonds is 9. The largest absolute Gasteiger partial charge is 0.488 e. The summed E-state index contributed by atoms with van der Waals surface area (Å²) >= 11 is 5.95. The van der Waals surface area contributed by atoms with Crippen LogP contribution >= 0.6 is 11.6 Å². The highest BCUT2D eigenvalue weighted by Gasteiger charge is 2.33. The van der Waals surface area contributed by atoms with Crippen molar-refractivity contribution < 1.29 is 27.9 Å². The molecule has 3 aromatic carbocycles. The Hall–Kier alpha value is -3.44. The lowest BCUT2D eigenvalue weighted by molar-refractivity contribution is -0.134. The number of nitrogens with zero attached hydrogens (tertiary/aromatic N) is 2. The van der Waals surface area contributed by atoms with Gasteiger partial charge in [-0.25, -0.2) is 8.42 Å². The quantitative estimate of drug-likeness (QED) is 0.377. The molecule has 2 N–H and O–H groups in total. The predicted octanol–water partition coefficient (Wildman–Crippen LogP) is 3.99. The Kier molecular flexibility index (Phi) is 10.3. The van der Waals surface area contributed by atoms with E-state index in [2.05, 4.69) is 5.32 Å². The molecule has 3 atom stereocenters. The summed E-state index contributed by atoms with van der Waals surface area (Å²) in [5.74, 6) is -0.268. The van der Waals surface area contributed by atoms with E-state index >= 15 is 0 Å². The Morgan fingerprint density at radius 1 is 1.14 bits per heavy atom. The first-order valence-electron chi connectivity index (χ1n) is 13.7. The van der Waals surface area contributed by atoms with Crippen LogP contribution in [0.2, 0.25) is 5.02 Å². The number of hydrogen-bond donors (Lipinski definition) is 2. The fourth-order valence-electron chi connectivity index (χ4n) is 4.85. The van der Waals surface area contributed by atoms with Crippen LogP contribution in [-0.4, -0.2) is 73.4 Å². The van der Waals surface area contributed by atoms with E-state index in [0.717, 1.165) is 5.56 Å². The molecule has 0 unspecified atom stereocenters. The van der Waals surface area contributed by atoms with Crippen molar-refractivity contribution in [1.29, 1.82) is 0 Å². The van der Waals surface area contributed by atoms with E-state index in [0.29, 0.717) is 22.0 Å². The lowest BCUT2D eigenvalue weighted by atomic mass is 10.0. The van der Waals surface area contributed by atoms with E-state index in [1.54, 1.807) is 30.0 Å². The van der Waals surface area contributed by atoms with Crippen LogP contribution in [0.5, 0.6) is 5.75 Å². The molecule has 42 heavy (non-hydrogen) atoms. The number of hydrogen-bond acceptors (Lipinski definition) is 6. The van der Waals surface area contributed by atoms with Gasteiger partial charge in [-0.1, -0.05) is 48.9 Å². The highest BCUT2D eigenvalue weighted by Crippen LogP contribution is 2.30. The van der Waals surface area contributed by atoms with Crippen LogP contribution in [0, 0.1) is 5.92 Å². The zero-order valence-corrected chi connectivity index (χ0v) is 25.4. The molecule has 9 nitrogen and oxygen atoms in total. The molecular weight excluding hydrogens is 578 g/mol. The number of benzene rings is 3. The van der Waals surface area contributed by atoms with Gasteiger partial charge >= 0.3 is 0 Å². The Balaban J connectivity index is 1.62. The molecule has 2 amide bonds. The number of aliphatic hydroxyl groups excluding tert-OH is 1. The van der Waals surface area contributed by atoms with Gasteiger partial charge in [0.15, 0.2) is 0 Å². The number of aliphatic hydroxyl groups is 1. The van der Waals surface area contributed by atoms with Gasteiger partial charge in [0, 0.05) is 35.8 Å². The molecule has 4 rings (SSSR count). The third-order valence-corrected chi connectivity index (χ3v) is 9.46. The summed E-state index contributed by atoms with van der Waals surface area (Å²) < 4.78 is 34.3. The van der Waals surface area contributed by atoms with E-state index in [4.69, 9.17) is 16.3 Å². The van der Waals surface area contributed by atoms with E-state index in [9.17, 15) is 23.1 Å². The maximum absolute atomic E-state index is 13.5. The van der Waals surface area contributed by atoms with Crippen LogP contribution in [0.25, 0.3) is 0 Å². The van der Waals surface area contributed by atoms with Gasteiger partial charge in [0.25, 0.3) is 0 Å². The normalized spacial score (nSPS) is 18.3. The summed E-state index contributed by atoms with van der Waals surface area (Å²) in [5.41, 5.74) is 1.94. The lowest BCUT2D eigenvalue weighted by Gasteiger charge is -2.33. The third-order valence-electron chi connectivity index (χ3n) is 7.37. The van der Waals surface area contributed by atoms with Gasteiger partial charge in [-0.2, -0.15) is 4.31 Å². The molecule has 1 aliphatic rings. The number of likely N-dealkylation sites (N-methyl/N-ethyl adjacent to an activating group) is 1. The SMILES string of the molecule is C[C@H]1CN([C@@H](C)CO)C(=O)Cc2cc(NC(=O)Cc3ccccc3)ccc2O[C@@H]1CN(C)S(=O)(=O)c1ccc(Cl)cc1. The van der Waals surface area contributed by atoms with E-state index in [1.165, 1.54) is 35.6 Å². The zero-order valence-electron chi connectivity index (χ0n) is 23.9. The molecule has 0 aromatic heterocycles. The molecular formula is C31H36ClN3O6S. The van der Waals surface area contributed by atoms with Crippen molar-refractivity contribution >= 4 is 39.1 Å². The Bertz CT molecular complexity index is 1500. The van der Waals surface area contributed by atoms with Gasteiger partial charge in [-0.15, -0.1) is 0 Å². The van der Waals surface area contributed by atoms with Crippen LogP contribution < -0.4 is 10.1 Å². The van der Waals surface area contributed by atoms with Crippen LogP contribution in [0.4, 0.5) is 5.69 Å². The summed E-state index contributed by atoms with van der Waals surface area (Å²) in [7, 11) is -2.37. The number of carbonyl (C=O) groups excluding carboxylic acids is 2. The van der Waals surface area contributed by atoms with Crippen molar-refractivity contribution in [2.24, 2.45) is 5.92 Å². The standard InChI is InChI=1S/C31H36ClN3O6S/c1-21-18-35(22(2)20-36)31(38)17-24-16-26(33-30(37)15-23-7-5-4-6-8-23)11-14-28(24)41-29(21)19-34(3)42(39,40)27-12-9-25(32)10-13-27/h4-14,16,21-22,29,36H,15,17-20H2,1-3H3,(H,33,37)/t21-,22-,29+/m0/s1. The lowest BCUT2D eigenvalue weighted by Crippen LogP contribution is -2.48. The highest BCUT2D eigenvalue weighted by atomic mass is 35.5. The minimum atomic E-state index is -3.85. The molecule has 0 fully saturated rings. The summed E-state index contributed by atoms with van der Waals surface area (Å²) in [6, 6.07) is 20.0. The Labute approximate surface area is 252 Å². The second-order valence-electron chi connectivity index (χ2n) is 10.7. The average molecular weight is 614 g/mol. The van der Waals surface area contributed by atoms with Crippen molar-refractivity contribution in [3.05, 3.63) is 88.9 Å². The first kappa shape index (κ1) is 31.5. The van der Waals surface area contributed by atoms with Crippen molar-refractivity contribution in [2.75, 3.05) is 32.1 Å².